The highest BCUT2D eigenvalue weighted by molar-refractivity contribution is 14.0. The standard InChI is InChI=1S/C16H34N4O.HI/c1-6-8-9-10-16(3,4)13-20-15(17-5)19-12-14(21)18-11-7-2;/h6-13H2,1-5H3,(H,18,21)(H2,17,19,20);1H. The van der Waals surface area contributed by atoms with E-state index >= 15 is 0 Å². The minimum Gasteiger partial charge on any atom is -0.356 e. The van der Waals surface area contributed by atoms with Crippen LogP contribution < -0.4 is 16.0 Å². The first-order valence-corrected chi connectivity index (χ1v) is 8.16. The Morgan fingerprint density at radius 1 is 1.05 bits per heavy atom. The molecule has 0 rings (SSSR count). The first-order valence-electron chi connectivity index (χ1n) is 8.16. The average molecular weight is 426 g/mol. The number of unbranched alkanes of at least 4 members (excludes halogenated alkanes) is 2. The summed E-state index contributed by atoms with van der Waals surface area (Å²) in [5, 5.41) is 9.19. The fourth-order valence-corrected chi connectivity index (χ4v) is 1.98. The summed E-state index contributed by atoms with van der Waals surface area (Å²) in [7, 11) is 1.73. The Labute approximate surface area is 153 Å². The van der Waals surface area contributed by atoms with Gasteiger partial charge in [0.2, 0.25) is 5.91 Å². The number of nitrogens with zero attached hydrogens (tertiary/aromatic N) is 1. The largest absolute Gasteiger partial charge is 0.356 e. The summed E-state index contributed by atoms with van der Waals surface area (Å²) in [6.07, 6.45) is 5.94. The van der Waals surface area contributed by atoms with Gasteiger partial charge >= 0.3 is 0 Å². The van der Waals surface area contributed by atoms with Gasteiger partial charge in [0.1, 0.15) is 0 Å². The van der Waals surface area contributed by atoms with E-state index in [1.807, 2.05) is 6.92 Å². The van der Waals surface area contributed by atoms with Crippen LogP contribution in [-0.4, -0.2) is 38.5 Å². The number of rotatable bonds is 10. The highest BCUT2D eigenvalue weighted by Gasteiger charge is 2.17. The second kappa shape index (κ2) is 14.1. The van der Waals surface area contributed by atoms with Crippen molar-refractivity contribution in [3.63, 3.8) is 0 Å². The first kappa shape index (κ1) is 23.7. The van der Waals surface area contributed by atoms with E-state index in [1.54, 1.807) is 7.05 Å². The summed E-state index contributed by atoms with van der Waals surface area (Å²) < 4.78 is 0. The molecule has 0 heterocycles. The maximum absolute atomic E-state index is 11.5. The van der Waals surface area contributed by atoms with Gasteiger partial charge < -0.3 is 16.0 Å². The zero-order valence-corrected chi connectivity index (χ0v) is 17.3. The summed E-state index contributed by atoms with van der Waals surface area (Å²) in [6.45, 7) is 10.6. The molecule has 0 radical (unpaired) electrons. The van der Waals surface area contributed by atoms with Gasteiger partial charge in [-0.05, 0) is 18.3 Å². The smallest absolute Gasteiger partial charge is 0.239 e. The van der Waals surface area contributed by atoms with Crippen molar-refractivity contribution in [2.75, 3.05) is 26.7 Å². The lowest BCUT2D eigenvalue weighted by molar-refractivity contribution is -0.120. The molecule has 6 heteroatoms. The van der Waals surface area contributed by atoms with E-state index in [0.717, 1.165) is 19.5 Å². The van der Waals surface area contributed by atoms with Crippen LogP contribution in [0.3, 0.4) is 0 Å². The van der Waals surface area contributed by atoms with Crippen LogP contribution >= 0.6 is 24.0 Å². The number of aliphatic imine (C=N–C) groups is 1. The molecular formula is C16H35IN4O. The third-order valence-electron chi connectivity index (χ3n) is 3.40. The maximum atomic E-state index is 11.5. The molecule has 0 unspecified atom stereocenters. The Morgan fingerprint density at radius 2 is 1.73 bits per heavy atom. The normalized spacial score (nSPS) is 11.6. The lowest BCUT2D eigenvalue weighted by Crippen LogP contribution is -2.45. The quantitative estimate of drug-likeness (QED) is 0.218. The van der Waals surface area contributed by atoms with Crippen molar-refractivity contribution in [1.82, 2.24) is 16.0 Å². The number of carbonyl (C=O) groups excluding carboxylic acids is 1. The average Bonchev–Trinajstić information content (AvgIpc) is 2.45. The monoisotopic (exact) mass is 426 g/mol. The number of hydrogen-bond acceptors (Lipinski definition) is 2. The topological polar surface area (TPSA) is 65.5 Å². The second-order valence-electron chi connectivity index (χ2n) is 6.25. The maximum Gasteiger partial charge on any atom is 0.239 e. The number of halogens is 1. The Morgan fingerprint density at radius 3 is 2.27 bits per heavy atom. The lowest BCUT2D eigenvalue weighted by Gasteiger charge is -2.26. The van der Waals surface area contributed by atoms with Crippen molar-refractivity contribution in [3.05, 3.63) is 0 Å². The SMILES string of the molecule is CCCCCC(C)(C)CNC(=NC)NCC(=O)NCCC.I. The number of carbonyl (C=O) groups is 1. The molecule has 132 valence electrons. The number of guanidine groups is 1. The molecule has 0 atom stereocenters. The third-order valence-corrected chi connectivity index (χ3v) is 3.40. The lowest BCUT2D eigenvalue weighted by atomic mass is 9.87. The van der Waals surface area contributed by atoms with Crippen molar-refractivity contribution in [2.24, 2.45) is 10.4 Å². The summed E-state index contributed by atoms with van der Waals surface area (Å²) in [4.78, 5) is 15.7. The molecule has 0 aromatic rings. The van der Waals surface area contributed by atoms with Crippen molar-refractivity contribution in [3.8, 4) is 0 Å². The van der Waals surface area contributed by atoms with Gasteiger partial charge in [0.15, 0.2) is 5.96 Å². The number of nitrogens with one attached hydrogen (secondary N) is 3. The van der Waals surface area contributed by atoms with Crippen LogP contribution in [0.2, 0.25) is 0 Å². The van der Waals surface area contributed by atoms with Crippen LogP contribution in [0.15, 0.2) is 4.99 Å². The zero-order chi connectivity index (χ0) is 16.1. The van der Waals surface area contributed by atoms with Gasteiger partial charge in [0.05, 0.1) is 6.54 Å². The van der Waals surface area contributed by atoms with Gasteiger partial charge in [-0.2, -0.15) is 0 Å². The summed E-state index contributed by atoms with van der Waals surface area (Å²) >= 11 is 0. The molecule has 0 aromatic heterocycles. The Bertz CT molecular complexity index is 319. The molecule has 0 spiro atoms. The Kier molecular flexibility index (Phi) is 15.2. The van der Waals surface area contributed by atoms with Crippen LogP contribution in [0, 0.1) is 5.41 Å². The molecule has 0 aromatic carbocycles. The minimum absolute atomic E-state index is 0. The predicted octanol–water partition coefficient (Wildman–Crippen LogP) is 2.90. The molecule has 1 amide bonds. The van der Waals surface area contributed by atoms with Crippen molar-refractivity contribution in [1.29, 1.82) is 0 Å². The van der Waals surface area contributed by atoms with E-state index in [4.69, 9.17) is 0 Å². The van der Waals surface area contributed by atoms with Gasteiger partial charge in [-0.1, -0.05) is 47.0 Å². The van der Waals surface area contributed by atoms with E-state index in [2.05, 4.69) is 41.7 Å². The number of hydrogen-bond donors (Lipinski definition) is 3. The Balaban J connectivity index is 0. The van der Waals surface area contributed by atoms with Gasteiger partial charge in [-0.25, -0.2) is 0 Å². The first-order chi connectivity index (χ1) is 9.95. The molecule has 0 aliphatic heterocycles. The number of amides is 1. The molecule has 3 N–H and O–H groups in total. The zero-order valence-electron chi connectivity index (χ0n) is 14.9. The van der Waals surface area contributed by atoms with Crippen molar-refractivity contribution < 1.29 is 4.79 Å². The molecule has 0 bridgehead atoms. The fraction of sp³-hybridized carbons (Fsp3) is 0.875. The van der Waals surface area contributed by atoms with Crippen LogP contribution in [0.5, 0.6) is 0 Å². The van der Waals surface area contributed by atoms with Crippen molar-refractivity contribution >= 4 is 35.8 Å². The van der Waals surface area contributed by atoms with Gasteiger partial charge in [-0.15, -0.1) is 24.0 Å². The molecule has 5 nitrogen and oxygen atoms in total. The van der Waals surface area contributed by atoms with Gasteiger partial charge in [0.25, 0.3) is 0 Å². The summed E-state index contributed by atoms with van der Waals surface area (Å²) in [5.74, 6) is 0.687. The van der Waals surface area contributed by atoms with Gasteiger partial charge in [0, 0.05) is 20.1 Å². The summed E-state index contributed by atoms with van der Waals surface area (Å²) in [6, 6.07) is 0. The van der Waals surface area contributed by atoms with Crippen LogP contribution in [0.1, 0.15) is 59.8 Å². The molecule has 0 aliphatic carbocycles. The highest BCUT2D eigenvalue weighted by Crippen LogP contribution is 2.22. The van der Waals surface area contributed by atoms with Gasteiger partial charge in [-0.3, -0.25) is 9.79 Å². The van der Waals surface area contributed by atoms with E-state index in [9.17, 15) is 4.79 Å². The van der Waals surface area contributed by atoms with E-state index in [1.165, 1.54) is 25.7 Å². The van der Waals surface area contributed by atoms with Crippen LogP contribution in [0.25, 0.3) is 0 Å². The minimum atomic E-state index is 0. The Hall–Kier alpha value is -0.530. The molecule has 0 saturated heterocycles. The molecule has 0 fully saturated rings. The fourth-order valence-electron chi connectivity index (χ4n) is 1.98. The van der Waals surface area contributed by atoms with E-state index < -0.39 is 0 Å². The molecule has 22 heavy (non-hydrogen) atoms. The van der Waals surface area contributed by atoms with E-state index in [0.29, 0.717) is 5.96 Å². The third kappa shape index (κ3) is 13.2. The van der Waals surface area contributed by atoms with E-state index in [-0.39, 0.29) is 41.8 Å². The highest BCUT2D eigenvalue weighted by atomic mass is 127. The predicted molar refractivity (Wildman–Crippen MR) is 106 cm³/mol. The summed E-state index contributed by atoms with van der Waals surface area (Å²) in [5.41, 5.74) is 0.233. The van der Waals surface area contributed by atoms with Crippen molar-refractivity contribution in [2.45, 2.75) is 59.8 Å². The second-order valence-corrected chi connectivity index (χ2v) is 6.25. The molecule has 0 saturated carbocycles. The molecular weight excluding hydrogens is 391 g/mol. The van der Waals surface area contributed by atoms with Crippen LogP contribution in [0.4, 0.5) is 0 Å². The van der Waals surface area contributed by atoms with Crippen LogP contribution in [-0.2, 0) is 4.79 Å². The molecule has 0 aliphatic rings.